The average molecular weight is 394 g/mol. The standard InChI is InChI=1S/C20H31N3O3S/c1-4-17-15-22(9-10-23(17)16(2)3)20(24)18-7-5-6-8-19(18)21-11-13-27(25,26)14-12-21/h5-8,16-17H,4,9-15H2,1-3H3/t17-/m0/s1. The summed E-state index contributed by atoms with van der Waals surface area (Å²) in [6, 6.07) is 8.48. The smallest absolute Gasteiger partial charge is 0.256 e. The molecule has 2 saturated heterocycles. The summed E-state index contributed by atoms with van der Waals surface area (Å²) in [6.07, 6.45) is 1.02. The van der Waals surface area contributed by atoms with Gasteiger partial charge in [0.2, 0.25) is 0 Å². The third-order valence-electron chi connectivity index (χ3n) is 5.77. The van der Waals surface area contributed by atoms with Crippen molar-refractivity contribution in [3.63, 3.8) is 0 Å². The van der Waals surface area contributed by atoms with Crippen molar-refractivity contribution >= 4 is 21.4 Å². The van der Waals surface area contributed by atoms with Crippen LogP contribution >= 0.6 is 0 Å². The molecule has 1 aromatic carbocycles. The maximum absolute atomic E-state index is 13.3. The number of carbonyl (C=O) groups excluding carboxylic acids is 1. The van der Waals surface area contributed by atoms with Gasteiger partial charge in [0.15, 0.2) is 9.84 Å². The van der Waals surface area contributed by atoms with Crippen LogP contribution in [0.15, 0.2) is 24.3 Å². The van der Waals surface area contributed by atoms with Gasteiger partial charge in [-0.3, -0.25) is 9.69 Å². The van der Waals surface area contributed by atoms with E-state index >= 15 is 0 Å². The summed E-state index contributed by atoms with van der Waals surface area (Å²) in [4.78, 5) is 19.8. The van der Waals surface area contributed by atoms with E-state index in [-0.39, 0.29) is 17.4 Å². The van der Waals surface area contributed by atoms with E-state index in [0.29, 0.717) is 30.7 Å². The first-order valence-electron chi connectivity index (χ1n) is 9.92. The molecule has 0 spiro atoms. The van der Waals surface area contributed by atoms with Gasteiger partial charge in [0.05, 0.1) is 17.1 Å². The zero-order valence-corrected chi connectivity index (χ0v) is 17.4. The second-order valence-electron chi connectivity index (χ2n) is 7.80. The monoisotopic (exact) mass is 393 g/mol. The number of hydrogen-bond acceptors (Lipinski definition) is 5. The third-order valence-corrected chi connectivity index (χ3v) is 7.38. The van der Waals surface area contributed by atoms with Crippen LogP contribution in [0.2, 0.25) is 0 Å². The minimum Gasteiger partial charge on any atom is -0.369 e. The largest absolute Gasteiger partial charge is 0.369 e. The lowest BCUT2D eigenvalue weighted by atomic mass is 10.0. The van der Waals surface area contributed by atoms with Crippen molar-refractivity contribution in [3.05, 3.63) is 29.8 Å². The topological polar surface area (TPSA) is 60.9 Å². The molecule has 1 amide bonds. The molecule has 0 aliphatic carbocycles. The molecule has 0 unspecified atom stereocenters. The molecule has 0 saturated carbocycles. The maximum atomic E-state index is 13.3. The Morgan fingerprint density at radius 2 is 1.78 bits per heavy atom. The summed E-state index contributed by atoms with van der Waals surface area (Å²) in [5.74, 6) is 0.363. The summed E-state index contributed by atoms with van der Waals surface area (Å²) in [7, 11) is -2.94. The van der Waals surface area contributed by atoms with Gasteiger partial charge in [-0.05, 0) is 32.4 Å². The molecule has 1 atom stereocenters. The second-order valence-corrected chi connectivity index (χ2v) is 10.1. The third kappa shape index (κ3) is 4.46. The van der Waals surface area contributed by atoms with Gasteiger partial charge >= 0.3 is 0 Å². The van der Waals surface area contributed by atoms with Crippen molar-refractivity contribution in [1.29, 1.82) is 0 Å². The number of hydrogen-bond donors (Lipinski definition) is 0. The lowest BCUT2D eigenvalue weighted by molar-refractivity contribution is 0.0372. The Hall–Kier alpha value is -1.60. The zero-order valence-electron chi connectivity index (χ0n) is 16.6. The average Bonchev–Trinajstić information content (AvgIpc) is 2.67. The number of carbonyl (C=O) groups is 1. The fraction of sp³-hybridized carbons (Fsp3) is 0.650. The number of nitrogens with zero attached hydrogens (tertiary/aromatic N) is 3. The zero-order chi connectivity index (χ0) is 19.6. The van der Waals surface area contributed by atoms with Crippen LogP contribution in [0, 0.1) is 0 Å². The van der Waals surface area contributed by atoms with Crippen molar-refractivity contribution in [3.8, 4) is 0 Å². The van der Waals surface area contributed by atoms with E-state index in [9.17, 15) is 13.2 Å². The fourth-order valence-corrected chi connectivity index (χ4v) is 5.35. The lowest BCUT2D eigenvalue weighted by Gasteiger charge is -2.43. The van der Waals surface area contributed by atoms with E-state index < -0.39 is 9.84 Å². The van der Waals surface area contributed by atoms with Crippen molar-refractivity contribution in [2.24, 2.45) is 0 Å². The van der Waals surface area contributed by atoms with Gasteiger partial charge in [-0.1, -0.05) is 19.1 Å². The SMILES string of the molecule is CC[C@H]1CN(C(=O)c2ccccc2N2CCS(=O)(=O)CC2)CCN1C(C)C. The summed E-state index contributed by atoms with van der Waals surface area (Å²) >= 11 is 0. The van der Waals surface area contributed by atoms with Crippen molar-refractivity contribution in [2.75, 3.05) is 49.1 Å². The second kappa shape index (κ2) is 8.19. The predicted octanol–water partition coefficient (Wildman–Crippen LogP) is 1.87. The van der Waals surface area contributed by atoms with Gasteiger partial charge in [0.25, 0.3) is 5.91 Å². The summed E-state index contributed by atoms with van der Waals surface area (Å²) in [5.41, 5.74) is 1.54. The Bertz CT molecular complexity index is 764. The Morgan fingerprint density at radius 3 is 2.41 bits per heavy atom. The first-order valence-corrected chi connectivity index (χ1v) is 11.7. The van der Waals surface area contributed by atoms with Crippen LogP contribution in [0.3, 0.4) is 0 Å². The minimum atomic E-state index is -2.94. The molecule has 0 radical (unpaired) electrons. The highest BCUT2D eigenvalue weighted by Gasteiger charge is 2.32. The molecule has 1 aromatic rings. The van der Waals surface area contributed by atoms with Crippen molar-refractivity contribution in [2.45, 2.75) is 39.3 Å². The number of amides is 1. The molecule has 0 aromatic heterocycles. The normalized spacial score (nSPS) is 23.6. The number of anilines is 1. The van der Waals surface area contributed by atoms with Gasteiger partial charge in [-0.25, -0.2) is 8.42 Å². The molecule has 2 aliphatic heterocycles. The van der Waals surface area contributed by atoms with Gasteiger partial charge in [-0.2, -0.15) is 0 Å². The number of benzene rings is 1. The van der Waals surface area contributed by atoms with Crippen molar-refractivity contribution in [1.82, 2.24) is 9.80 Å². The summed E-state index contributed by atoms with van der Waals surface area (Å²) in [6.45, 7) is 9.87. The van der Waals surface area contributed by atoms with Crippen LogP contribution in [0.25, 0.3) is 0 Å². The lowest BCUT2D eigenvalue weighted by Crippen LogP contribution is -2.56. The predicted molar refractivity (Wildman–Crippen MR) is 109 cm³/mol. The van der Waals surface area contributed by atoms with Crippen LogP contribution in [-0.2, 0) is 9.84 Å². The molecule has 2 aliphatic rings. The highest BCUT2D eigenvalue weighted by atomic mass is 32.2. The Balaban J connectivity index is 1.78. The first kappa shape index (κ1) is 20.1. The van der Waals surface area contributed by atoms with Crippen LogP contribution in [0.5, 0.6) is 0 Å². The van der Waals surface area contributed by atoms with E-state index in [1.54, 1.807) is 0 Å². The first-order chi connectivity index (χ1) is 12.8. The molecule has 2 heterocycles. The van der Waals surface area contributed by atoms with Crippen molar-refractivity contribution < 1.29 is 13.2 Å². The molecule has 150 valence electrons. The highest BCUT2D eigenvalue weighted by Crippen LogP contribution is 2.25. The quantitative estimate of drug-likeness (QED) is 0.782. The molecule has 7 heteroatoms. The van der Waals surface area contributed by atoms with Crippen LogP contribution in [0.4, 0.5) is 5.69 Å². The molecule has 6 nitrogen and oxygen atoms in total. The van der Waals surface area contributed by atoms with E-state index in [4.69, 9.17) is 0 Å². The van der Waals surface area contributed by atoms with Gasteiger partial charge in [0, 0.05) is 50.5 Å². The molecule has 27 heavy (non-hydrogen) atoms. The molecule has 0 N–H and O–H groups in total. The van der Waals surface area contributed by atoms with Crippen LogP contribution in [0.1, 0.15) is 37.6 Å². The highest BCUT2D eigenvalue weighted by molar-refractivity contribution is 7.91. The fourth-order valence-electron chi connectivity index (χ4n) is 4.15. The molecule has 3 rings (SSSR count). The van der Waals surface area contributed by atoms with Crippen LogP contribution < -0.4 is 4.90 Å². The summed E-state index contributed by atoms with van der Waals surface area (Å²) < 4.78 is 23.5. The van der Waals surface area contributed by atoms with Crippen LogP contribution in [-0.4, -0.2) is 80.4 Å². The van der Waals surface area contributed by atoms with Gasteiger partial charge in [-0.15, -0.1) is 0 Å². The Morgan fingerprint density at radius 1 is 1.11 bits per heavy atom. The molecule has 2 fully saturated rings. The number of sulfone groups is 1. The Labute approximate surface area is 163 Å². The molecule has 0 bridgehead atoms. The maximum Gasteiger partial charge on any atom is 0.256 e. The van der Waals surface area contributed by atoms with E-state index in [1.807, 2.05) is 34.1 Å². The minimum absolute atomic E-state index is 0.0564. The molecular formula is C20H31N3O3S. The summed E-state index contributed by atoms with van der Waals surface area (Å²) in [5, 5.41) is 0. The number of para-hydroxylation sites is 1. The van der Waals surface area contributed by atoms with E-state index in [0.717, 1.165) is 31.7 Å². The van der Waals surface area contributed by atoms with E-state index in [1.165, 1.54) is 0 Å². The van der Waals surface area contributed by atoms with E-state index in [2.05, 4.69) is 25.7 Å². The number of piperazine rings is 1. The van der Waals surface area contributed by atoms with Gasteiger partial charge < -0.3 is 9.80 Å². The number of rotatable bonds is 4. The van der Waals surface area contributed by atoms with Gasteiger partial charge in [0.1, 0.15) is 0 Å². The Kier molecular flexibility index (Phi) is 6.11. The molecular weight excluding hydrogens is 362 g/mol.